The number of fused-ring (bicyclic) bond motifs is 1. The molecule has 5 aliphatic rings. The van der Waals surface area contributed by atoms with Gasteiger partial charge < -0.3 is 4.74 Å². The van der Waals surface area contributed by atoms with E-state index in [1.165, 1.54) is 6.42 Å². The number of cyclic esters (lactones) is 2. The highest BCUT2D eigenvalue weighted by Gasteiger charge is 2.67. The fourth-order valence-electron chi connectivity index (χ4n) is 4.34. The summed E-state index contributed by atoms with van der Waals surface area (Å²) < 4.78 is 4.78. The van der Waals surface area contributed by atoms with E-state index in [2.05, 4.69) is 0 Å². The normalized spacial score (nSPS) is 58.0. The summed E-state index contributed by atoms with van der Waals surface area (Å²) in [5.41, 5.74) is 0. The lowest BCUT2D eigenvalue weighted by Crippen LogP contribution is -2.43. The summed E-state index contributed by atoms with van der Waals surface area (Å²) in [5.74, 6) is 1.93. The van der Waals surface area contributed by atoms with Crippen LogP contribution >= 0.6 is 0 Å². The molecular weight excluding hydrogens is 180 g/mol. The van der Waals surface area contributed by atoms with Gasteiger partial charge in [0, 0.05) is 0 Å². The number of ether oxygens (including phenoxy) is 1. The molecule has 3 heteroatoms. The highest BCUT2D eigenvalue weighted by Crippen LogP contribution is 2.67. The molecule has 74 valence electrons. The minimum absolute atomic E-state index is 0.0509. The van der Waals surface area contributed by atoms with E-state index in [1.807, 2.05) is 0 Å². The average molecular weight is 192 g/mol. The van der Waals surface area contributed by atoms with Gasteiger partial charge >= 0.3 is 11.9 Å². The van der Waals surface area contributed by atoms with E-state index < -0.39 is 0 Å². The summed E-state index contributed by atoms with van der Waals surface area (Å²) in [5, 5.41) is 0. The van der Waals surface area contributed by atoms with Gasteiger partial charge in [-0.05, 0) is 42.9 Å². The third-order valence-corrected chi connectivity index (χ3v) is 4.88. The molecular formula is C11H12O3. The molecule has 0 spiro atoms. The van der Waals surface area contributed by atoms with Gasteiger partial charge in [0.25, 0.3) is 0 Å². The van der Waals surface area contributed by atoms with E-state index >= 15 is 0 Å². The van der Waals surface area contributed by atoms with Crippen molar-refractivity contribution in [1.29, 1.82) is 0 Å². The zero-order valence-electron chi connectivity index (χ0n) is 7.81. The molecule has 5 fully saturated rings. The minimum atomic E-state index is -0.222. The van der Waals surface area contributed by atoms with Crippen LogP contribution in [0.3, 0.4) is 0 Å². The maximum atomic E-state index is 11.5. The quantitative estimate of drug-likeness (QED) is 0.424. The van der Waals surface area contributed by atoms with Crippen molar-refractivity contribution >= 4 is 11.9 Å². The van der Waals surface area contributed by atoms with Gasteiger partial charge in [-0.15, -0.1) is 0 Å². The molecule has 1 heterocycles. The van der Waals surface area contributed by atoms with Crippen molar-refractivity contribution in [3.8, 4) is 0 Å². The summed E-state index contributed by atoms with van der Waals surface area (Å²) >= 11 is 0. The lowest BCUT2D eigenvalue weighted by Gasteiger charge is -2.41. The van der Waals surface area contributed by atoms with Crippen LogP contribution in [0.4, 0.5) is 0 Å². The van der Waals surface area contributed by atoms with Crippen LogP contribution in [0.5, 0.6) is 0 Å². The zero-order valence-corrected chi connectivity index (χ0v) is 7.81. The molecule has 1 aliphatic heterocycles. The molecule has 6 atom stereocenters. The van der Waals surface area contributed by atoms with Crippen LogP contribution in [-0.4, -0.2) is 11.9 Å². The highest BCUT2D eigenvalue weighted by molar-refractivity contribution is 5.97. The maximum Gasteiger partial charge on any atom is 0.317 e. The maximum absolute atomic E-state index is 11.5. The number of carbonyl (C=O) groups is 2. The van der Waals surface area contributed by atoms with Gasteiger partial charge in [-0.2, -0.15) is 0 Å². The summed E-state index contributed by atoms with van der Waals surface area (Å²) in [7, 11) is 0. The Balaban J connectivity index is 1.83. The van der Waals surface area contributed by atoms with Crippen LogP contribution < -0.4 is 0 Å². The third-order valence-electron chi connectivity index (χ3n) is 4.88. The molecule has 2 bridgehead atoms. The highest BCUT2D eigenvalue weighted by atomic mass is 16.6. The number of carbonyl (C=O) groups excluding carboxylic acids is 2. The van der Waals surface area contributed by atoms with Crippen LogP contribution in [0.25, 0.3) is 0 Å². The van der Waals surface area contributed by atoms with E-state index in [1.54, 1.807) is 0 Å². The molecule has 5 rings (SSSR count). The fraction of sp³-hybridized carbons (Fsp3) is 0.818. The first-order chi connectivity index (χ1) is 6.77. The Morgan fingerprint density at radius 1 is 0.857 bits per heavy atom. The molecule has 0 aromatic rings. The van der Waals surface area contributed by atoms with Crippen molar-refractivity contribution in [2.45, 2.75) is 19.3 Å². The van der Waals surface area contributed by atoms with Crippen LogP contribution in [0.15, 0.2) is 0 Å². The summed E-state index contributed by atoms with van der Waals surface area (Å²) in [6.07, 6.45) is 3.56. The molecule has 0 aromatic carbocycles. The largest absolute Gasteiger partial charge is 0.393 e. The lowest BCUT2D eigenvalue weighted by atomic mass is 9.59. The molecule has 0 amide bonds. The molecule has 4 saturated carbocycles. The van der Waals surface area contributed by atoms with Crippen molar-refractivity contribution in [3.05, 3.63) is 0 Å². The Morgan fingerprint density at radius 2 is 1.36 bits per heavy atom. The first-order valence-corrected chi connectivity index (χ1v) is 5.53. The molecule has 0 radical (unpaired) electrons. The predicted octanol–water partition coefficient (Wildman–Crippen LogP) is 0.978. The zero-order chi connectivity index (χ0) is 9.45. The monoisotopic (exact) mass is 192 g/mol. The van der Waals surface area contributed by atoms with Gasteiger partial charge in [-0.25, -0.2) is 0 Å². The second-order valence-electron chi connectivity index (χ2n) is 5.26. The van der Waals surface area contributed by atoms with Crippen LogP contribution in [-0.2, 0) is 14.3 Å². The van der Waals surface area contributed by atoms with Crippen molar-refractivity contribution in [1.82, 2.24) is 0 Å². The Labute approximate surface area is 81.8 Å². The summed E-state index contributed by atoms with van der Waals surface area (Å²) in [4.78, 5) is 23.1. The smallest absolute Gasteiger partial charge is 0.317 e. The molecule has 2 unspecified atom stereocenters. The van der Waals surface area contributed by atoms with Crippen molar-refractivity contribution < 1.29 is 14.3 Å². The first-order valence-electron chi connectivity index (χ1n) is 5.53. The third kappa shape index (κ3) is 0.645. The standard InChI is InChI=1S/C11H12O3/c12-10-8-4-1-2-5(7-3-6(4)7)9(8)11(13)14-10/h4-9H,1-3H2/t4-,5+,6+,7-,8?,9?. The van der Waals surface area contributed by atoms with Crippen LogP contribution in [0.1, 0.15) is 19.3 Å². The summed E-state index contributed by atoms with van der Waals surface area (Å²) in [6.45, 7) is 0. The van der Waals surface area contributed by atoms with E-state index in [0.29, 0.717) is 11.8 Å². The Bertz CT molecular complexity index is 316. The number of hydrogen-bond donors (Lipinski definition) is 0. The predicted molar refractivity (Wildman–Crippen MR) is 45.9 cm³/mol. The Hall–Kier alpha value is -0.860. The molecule has 4 aliphatic carbocycles. The van der Waals surface area contributed by atoms with Crippen molar-refractivity contribution in [2.75, 3.05) is 0 Å². The van der Waals surface area contributed by atoms with Crippen LogP contribution in [0.2, 0.25) is 0 Å². The van der Waals surface area contributed by atoms with Gasteiger partial charge in [0.1, 0.15) is 0 Å². The average Bonchev–Trinajstić information content (AvgIpc) is 2.92. The van der Waals surface area contributed by atoms with E-state index in [-0.39, 0.29) is 23.8 Å². The van der Waals surface area contributed by atoms with Gasteiger partial charge in [0.2, 0.25) is 0 Å². The van der Waals surface area contributed by atoms with Gasteiger partial charge in [-0.3, -0.25) is 9.59 Å². The van der Waals surface area contributed by atoms with Crippen molar-refractivity contribution in [3.63, 3.8) is 0 Å². The van der Waals surface area contributed by atoms with E-state index in [9.17, 15) is 9.59 Å². The number of hydrogen-bond acceptors (Lipinski definition) is 3. The van der Waals surface area contributed by atoms with E-state index in [0.717, 1.165) is 24.7 Å². The number of rotatable bonds is 0. The fourth-order valence-corrected chi connectivity index (χ4v) is 4.34. The molecule has 0 N–H and O–H groups in total. The lowest BCUT2D eigenvalue weighted by molar-refractivity contribution is -0.154. The molecule has 1 saturated heterocycles. The molecule has 14 heavy (non-hydrogen) atoms. The second-order valence-corrected chi connectivity index (χ2v) is 5.26. The first kappa shape index (κ1) is 7.43. The Kier molecular flexibility index (Phi) is 1.09. The van der Waals surface area contributed by atoms with Crippen molar-refractivity contribution in [2.24, 2.45) is 35.5 Å². The SMILES string of the molecule is O=C1OC(=O)C2C1[C@H]1CC[C@@H]2[C@@H]2C[C@@H]21. The minimum Gasteiger partial charge on any atom is -0.393 e. The molecule has 0 aromatic heterocycles. The van der Waals surface area contributed by atoms with Gasteiger partial charge in [0.15, 0.2) is 0 Å². The van der Waals surface area contributed by atoms with Gasteiger partial charge in [0.05, 0.1) is 11.8 Å². The van der Waals surface area contributed by atoms with Crippen LogP contribution in [0, 0.1) is 35.5 Å². The Morgan fingerprint density at radius 3 is 1.86 bits per heavy atom. The second kappa shape index (κ2) is 2.05. The number of esters is 2. The van der Waals surface area contributed by atoms with Gasteiger partial charge in [-0.1, -0.05) is 0 Å². The van der Waals surface area contributed by atoms with E-state index in [4.69, 9.17) is 4.74 Å². The molecule has 3 nitrogen and oxygen atoms in total. The summed E-state index contributed by atoms with van der Waals surface area (Å²) in [6, 6.07) is 0. The topological polar surface area (TPSA) is 43.4 Å².